The number of halogens is 1. The summed E-state index contributed by atoms with van der Waals surface area (Å²) in [7, 11) is 0. The van der Waals surface area contributed by atoms with Crippen LogP contribution in [0.5, 0.6) is 0 Å². The number of furan rings is 1. The molecular formula is C31H18ClN3O. The van der Waals surface area contributed by atoms with E-state index in [2.05, 4.69) is 46.4 Å². The molecule has 0 saturated carbocycles. The van der Waals surface area contributed by atoms with Crippen molar-refractivity contribution in [2.24, 2.45) is 0 Å². The lowest BCUT2D eigenvalue weighted by atomic mass is 9.96. The van der Waals surface area contributed by atoms with Gasteiger partial charge in [0.15, 0.2) is 11.6 Å². The summed E-state index contributed by atoms with van der Waals surface area (Å²) in [4.78, 5) is 14.0. The Bertz CT molecular complexity index is 1910. The average molecular weight is 484 g/mol. The highest BCUT2D eigenvalue weighted by Gasteiger charge is 2.18. The summed E-state index contributed by atoms with van der Waals surface area (Å²) in [5.74, 6) is 1.04. The third kappa shape index (κ3) is 3.43. The Hall–Kier alpha value is -4.54. The molecule has 170 valence electrons. The highest BCUT2D eigenvalue weighted by Crippen LogP contribution is 2.37. The predicted molar refractivity (Wildman–Crippen MR) is 146 cm³/mol. The van der Waals surface area contributed by atoms with Crippen molar-refractivity contribution in [2.75, 3.05) is 0 Å². The second-order valence-electron chi connectivity index (χ2n) is 8.64. The molecule has 2 heterocycles. The van der Waals surface area contributed by atoms with Gasteiger partial charge >= 0.3 is 0 Å². The Morgan fingerprint density at radius 1 is 0.528 bits per heavy atom. The molecule has 7 aromatic rings. The van der Waals surface area contributed by atoms with Gasteiger partial charge in [-0.25, -0.2) is 4.98 Å². The molecule has 0 amide bonds. The minimum Gasteiger partial charge on any atom is -0.456 e. The molecule has 0 spiro atoms. The van der Waals surface area contributed by atoms with E-state index in [9.17, 15) is 0 Å². The molecule has 0 fully saturated rings. The zero-order chi connectivity index (χ0) is 24.1. The van der Waals surface area contributed by atoms with Crippen molar-refractivity contribution in [3.8, 4) is 33.9 Å². The summed E-state index contributed by atoms with van der Waals surface area (Å²) in [5.41, 5.74) is 5.57. The lowest BCUT2D eigenvalue weighted by Gasteiger charge is -2.11. The Balaban J connectivity index is 1.49. The largest absolute Gasteiger partial charge is 0.456 e. The Kier molecular flexibility index (Phi) is 4.79. The molecule has 0 atom stereocenters. The fourth-order valence-electron chi connectivity index (χ4n) is 4.84. The van der Waals surface area contributed by atoms with Crippen molar-refractivity contribution in [1.29, 1.82) is 0 Å². The maximum Gasteiger partial charge on any atom is 0.226 e. The first kappa shape index (κ1) is 20.8. The van der Waals surface area contributed by atoms with Crippen LogP contribution in [-0.4, -0.2) is 15.0 Å². The number of para-hydroxylation sites is 1. The predicted octanol–water partition coefficient (Wildman–Crippen LogP) is 8.58. The molecule has 0 N–H and O–H groups in total. The molecule has 0 unspecified atom stereocenters. The quantitative estimate of drug-likeness (QED) is 0.252. The van der Waals surface area contributed by atoms with E-state index < -0.39 is 0 Å². The van der Waals surface area contributed by atoms with Crippen molar-refractivity contribution in [2.45, 2.75) is 0 Å². The Labute approximate surface area is 211 Å². The average Bonchev–Trinajstić information content (AvgIpc) is 3.31. The molecule has 0 radical (unpaired) electrons. The van der Waals surface area contributed by atoms with E-state index in [4.69, 9.17) is 21.0 Å². The van der Waals surface area contributed by atoms with E-state index in [1.54, 1.807) is 0 Å². The smallest absolute Gasteiger partial charge is 0.226 e. The number of benzene rings is 5. The molecule has 2 aromatic heterocycles. The fraction of sp³-hybridized carbons (Fsp3) is 0. The van der Waals surface area contributed by atoms with E-state index in [0.29, 0.717) is 11.6 Å². The number of nitrogens with zero attached hydrogens (tertiary/aromatic N) is 3. The summed E-state index contributed by atoms with van der Waals surface area (Å²) >= 11 is 6.52. The first-order chi connectivity index (χ1) is 17.7. The van der Waals surface area contributed by atoms with E-state index in [1.165, 1.54) is 0 Å². The van der Waals surface area contributed by atoms with Crippen LogP contribution >= 0.6 is 11.6 Å². The Morgan fingerprint density at radius 3 is 2.08 bits per heavy atom. The van der Waals surface area contributed by atoms with Crippen molar-refractivity contribution >= 4 is 44.3 Å². The summed E-state index contributed by atoms with van der Waals surface area (Å²) < 4.78 is 6.08. The number of rotatable bonds is 3. The fourth-order valence-corrected chi connectivity index (χ4v) is 5.00. The van der Waals surface area contributed by atoms with E-state index in [1.807, 2.05) is 72.8 Å². The summed E-state index contributed by atoms with van der Waals surface area (Å²) in [6.45, 7) is 0. The second kappa shape index (κ2) is 8.29. The highest BCUT2D eigenvalue weighted by atomic mass is 35.5. The number of hydrogen-bond donors (Lipinski definition) is 0. The first-order valence-electron chi connectivity index (χ1n) is 11.7. The second-order valence-corrected chi connectivity index (χ2v) is 8.98. The summed E-state index contributed by atoms with van der Waals surface area (Å²) in [6.07, 6.45) is 0. The van der Waals surface area contributed by atoms with Crippen LogP contribution in [0.3, 0.4) is 0 Å². The molecule has 5 heteroatoms. The van der Waals surface area contributed by atoms with Gasteiger partial charge in [0, 0.05) is 21.9 Å². The maximum absolute atomic E-state index is 6.52. The minimum absolute atomic E-state index is 0.147. The normalized spacial score (nSPS) is 11.5. The lowest BCUT2D eigenvalue weighted by molar-refractivity contribution is 0.669. The van der Waals surface area contributed by atoms with Gasteiger partial charge in [-0.05, 0) is 57.8 Å². The summed E-state index contributed by atoms with van der Waals surface area (Å²) in [5, 5.41) is 4.28. The van der Waals surface area contributed by atoms with E-state index in [0.717, 1.165) is 55.0 Å². The van der Waals surface area contributed by atoms with Crippen LogP contribution in [-0.2, 0) is 0 Å². The van der Waals surface area contributed by atoms with Crippen molar-refractivity contribution in [3.05, 3.63) is 114 Å². The number of fused-ring (bicyclic) bond motifs is 4. The minimum atomic E-state index is 0.147. The molecule has 0 aliphatic carbocycles. The summed E-state index contributed by atoms with van der Waals surface area (Å²) in [6, 6.07) is 36.7. The molecule has 4 nitrogen and oxygen atoms in total. The first-order valence-corrected chi connectivity index (χ1v) is 12.0. The maximum atomic E-state index is 6.52. The molecule has 7 rings (SSSR count). The van der Waals surface area contributed by atoms with E-state index >= 15 is 0 Å². The van der Waals surface area contributed by atoms with Gasteiger partial charge in [0.05, 0.1) is 0 Å². The van der Waals surface area contributed by atoms with Crippen LogP contribution in [0.1, 0.15) is 0 Å². The number of hydrogen-bond acceptors (Lipinski definition) is 4. The van der Waals surface area contributed by atoms with Crippen LogP contribution < -0.4 is 0 Å². The third-order valence-electron chi connectivity index (χ3n) is 6.46. The lowest BCUT2D eigenvalue weighted by Crippen LogP contribution is -1.98. The third-order valence-corrected chi connectivity index (χ3v) is 6.63. The van der Waals surface area contributed by atoms with Gasteiger partial charge in [-0.15, -0.1) is 0 Å². The van der Waals surface area contributed by atoms with Gasteiger partial charge in [-0.2, -0.15) is 9.97 Å². The van der Waals surface area contributed by atoms with Gasteiger partial charge in [-0.3, -0.25) is 0 Å². The molecule has 0 saturated heterocycles. The van der Waals surface area contributed by atoms with Gasteiger partial charge in [0.1, 0.15) is 11.2 Å². The SMILES string of the molecule is Clc1nc(-c2cc(-c3ccccc3)cc3ccccc23)nc(-c2cccc3oc4ccccc4c23)n1. The van der Waals surface area contributed by atoms with Crippen LogP contribution in [0.25, 0.3) is 66.6 Å². The Morgan fingerprint density at radius 2 is 1.22 bits per heavy atom. The van der Waals surface area contributed by atoms with E-state index in [-0.39, 0.29) is 5.28 Å². The topological polar surface area (TPSA) is 51.8 Å². The zero-order valence-corrected chi connectivity index (χ0v) is 19.8. The molecule has 0 bridgehead atoms. The number of aromatic nitrogens is 3. The van der Waals surface area contributed by atoms with Gasteiger partial charge in [0.25, 0.3) is 0 Å². The molecule has 0 aliphatic heterocycles. The zero-order valence-electron chi connectivity index (χ0n) is 19.0. The van der Waals surface area contributed by atoms with Crippen LogP contribution in [0.4, 0.5) is 0 Å². The molecule has 5 aromatic carbocycles. The molecule has 36 heavy (non-hydrogen) atoms. The van der Waals surface area contributed by atoms with Crippen LogP contribution in [0, 0.1) is 0 Å². The van der Waals surface area contributed by atoms with Crippen molar-refractivity contribution < 1.29 is 4.42 Å². The monoisotopic (exact) mass is 483 g/mol. The van der Waals surface area contributed by atoms with Gasteiger partial charge < -0.3 is 4.42 Å². The van der Waals surface area contributed by atoms with Crippen LogP contribution in [0.15, 0.2) is 114 Å². The molecular weight excluding hydrogens is 466 g/mol. The highest BCUT2D eigenvalue weighted by molar-refractivity contribution is 6.28. The van der Waals surface area contributed by atoms with Gasteiger partial charge in [0.2, 0.25) is 5.28 Å². The van der Waals surface area contributed by atoms with Gasteiger partial charge in [-0.1, -0.05) is 84.9 Å². The standard InChI is InChI=1S/C31H18ClN3O/c32-31-34-29(24-14-8-16-27-28(24)23-13-6-7-15-26(23)36-27)33-30(35-31)25-18-21(19-9-2-1-3-10-19)17-20-11-4-5-12-22(20)25/h1-18H. The molecule has 0 aliphatic rings. The van der Waals surface area contributed by atoms with Crippen LogP contribution in [0.2, 0.25) is 5.28 Å². The van der Waals surface area contributed by atoms with Crippen molar-refractivity contribution in [3.63, 3.8) is 0 Å². The van der Waals surface area contributed by atoms with Crippen molar-refractivity contribution in [1.82, 2.24) is 15.0 Å².